The number of amides is 1. The van der Waals surface area contributed by atoms with E-state index in [1.54, 1.807) is 23.0 Å². The lowest BCUT2D eigenvalue weighted by Crippen LogP contribution is -2.33. The van der Waals surface area contributed by atoms with E-state index >= 15 is 0 Å². The van der Waals surface area contributed by atoms with E-state index < -0.39 is 0 Å². The Bertz CT molecular complexity index is 1320. The van der Waals surface area contributed by atoms with Crippen molar-refractivity contribution in [1.82, 2.24) is 19.8 Å². The van der Waals surface area contributed by atoms with Crippen LogP contribution in [-0.2, 0) is 0 Å². The summed E-state index contributed by atoms with van der Waals surface area (Å²) in [4.78, 5) is 33.4. The van der Waals surface area contributed by atoms with Crippen LogP contribution >= 0.6 is 0 Å². The third kappa shape index (κ3) is 5.93. The zero-order valence-electron chi connectivity index (χ0n) is 22.0. The molecule has 2 atom stereocenters. The number of nitrogens with one attached hydrogen (secondary N) is 2. The first kappa shape index (κ1) is 25.2. The van der Waals surface area contributed by atoms with Crippen LogP contribution in [0.3, 0.4) is 0 Å². The Balaban J connectivity index is 1.46. The van der Waals surface area contributed by atoms with Crippen LogP contribution in [0.1, 0.15) is 65.7 Å². The summed E-state index contributed by atoms with van der Waals surface area (Å²) >= 11 is 0. The van der Waals surface area contributed by atoms with Crippen molar-refractivity contribution in [3.8, 4) is 5.69 Å². The summed E-state index contributed by atoms with van der Waals surface area (Å²) < 4.78 is 1.59. The number of carbonyl (C=O) groups excluding carboxylic acids is 1. The van der Waals surface area contributed by atoms with E-state index in [-0.39, 0.29) is 29.5 Å². The van der Waals surface area contributed by atoms with Gasteiger partial charge in [0, 0.05) is 30.5 Å². The first-order chi connectivity index (χ1) is 17.9. The minimum absolute atomic E-state index is 0.0618. The number of likely N-dealkylation sites (tertiary alicyclic amines) is 1. The Morgan fingerprint density at radius 3 is 2.62 bits per heavy atom. The standard InChI is InChI=1S/C30H37N5O2/c1-20-7-6-8-23(17-20)27(22(3)19-34-14-4-5-15-34)33-28-30(37)35(16-13-31-28)26-18-24(10-9-21(26)2)29(36)32-25-11-12-25/h6-10,13,16-18,22,25,27H,4-5,11-12,14-15,19H2,1-3H3,(H,31,33)(H,32,36)/t22-,27-/m1/s1. The van der Waals surface area contributed by atoms with Gasteiger partial charge in [-0.05, 0) is 81.8 Å². The Morgan fingerprint density at radius 1 is 1.11 bits per heavy atom. The van der Waals surface area contributed by atoms with Gasteiger partial charge in [-0.25, -0.2) is 4.98 Å². The van der Waals surface area contributed by atoms with E-state index in [0.717, 1.165) is 43.6 Å². The third-order valence-electron chi connectivity index (χ3n) is 7.49. The van der Waals surface area contributed by atoms with Crippen molar-refractivity contribution in [1.29, 1.82) is 0 Å². The Hall–Kier alpha value is -3.45. The molecule has 0 spiro atoms. The van der Waals surface area contributed by atoms with Crippen LogP contribution in [-0.4, -0.2) is 46.0 Å². The van der Waals surface area contributed by atoms with Crippen LogP contribution in [0.2, 0.25) is 0 Å². The van der Waals surface area contributed by atoms with Crippen LogP contribution in [0.4, 0.5) is 5.82 Å². The summed E-state index contributed by atoms with van der Waals surface area (Å²) in [5, 5.41) is 6.55. The quantitative estimate of drug-likeness (QED) is 0.449. The second-order valence-electron chi connectivity index (χ2n) is 10.7. The van der Waals surface area contributed by atoms with Crippen LogP contribution in [0.5, 0.6) is 0 Å². The van der Waals surface area contributed by atoms with Gasteiger partial charge in [-0.2, -0.15) is 0 Å². The van der Waals surface area contributed by atoms with Gasteiger partial charge in [0.15, 0.2) is 5.82 Å². The van der Waals surface area contributed by atoms with Gasteiger partial charge in [0.1, 0.15) is 0 Å². The highest BCUT2D eigenvalue weighted by atomic mass is 16.2. The van der Waals surface area contributed by atoms with Gasteiger partial charge < -0.3 is 15.5 Å². The van der Waals surface area contributed by atoms with Gasteiger partial charge in [0.25, 0.3) is 11.5 Å². The van der Waals surface area contributed by atoms with Crippen molar-refractivity contribution in [2.24, 2.45) is 5.92 Å². The van der Waals surface area contributed by atoms with Crippen LogP contribution < -0.4 is 16.2 Å². The van der Waals surface area contributed by atoms with Crippen molar-refractivity contribution in [2.45, 2.75) is 58.5 Å². The van der Waals surface area contributed by atoms with Crippen molar-refractivity contribution in [3.63, 3.8) is 0 Å². The van der Waals surface area contributed by atoms with Crippen molar-refractivity contribution < 1.29 is 4.79 Å². The first-order valence-electron chi connectivity index (χ1n) is 13.4. The monoisotopic (exact) mass is 499 g/mol. The number of aryl methyl sites for hydroxylation is 2. The summed E-state index contributed by atoms with van der Waals surface area (Å²) in [6, 6.07) is 14.2. The third-order valence-corrected chi connectivity index (χ3v) is 7.49. The molecule has 3 aromatic rings. The molecule has 2 heterocycles. The molecule has 194 valence electrons. The molecular weight excluding hydrogens is 462 g/mol. The van der Waals surface area contributed by atoms with E-state index in [0.29, 0.717) is 17.1 Å². The van der Waals surface area contributed by atoms with Crippen LogP contribution in [0.25, 0.3) is 5.69 Å². The second kappa shape index (κ2) is 10.9. The number of aromatic nitrogens is 2. The molecule has 2 aliphatic rings. The number of rotatable bonds is 9. The minimum atomic E-state index is -0.226. The largest absolute Gasteiger partial charge is 0.358 e. The molecule has 1 aliphatic carbocycles. The fraction of sp³-hybridized carbons (Fsp3) is 0.433. The average Bonchev–Trinajstić information content (AvgIpc) is 3.55. The molecule has 0 unspecified atom stereocenters. The Morgan fingerprint density at radius 2 is 1.89 bits per heavy atom. The molecule has 1 aliphatic heterocycles. The SMILES string of the molecule is Cc1cccc([C@H](Nc2nccn(-c3cc(C(=O)NC4CC4)ccc3C)c2=O)[C@H](C)CN2CCCC2)c1. The summed E-state index contributed by atoms with van der Waals surface area (Å²) in [6.07, 6.45) is 7.88. The molecule has 5 rings (SSSR count). The smallest absolute Gasteiger partial charge is 0.297 e. The predicted octanol–water partition coefficient (Wildman–Crippen LogP) is 4.63. The molecule has 1 saturated carbocycles. The summed E-state index contributed by atoms with van der Waals surface area (Å²) in [7, 11) is 0. The van der Waals surface area contributed by atoms with Gasteiger partial charge in [-0.3, -0.25) is 14.2 Å². The molecule has 1 saturated heterocycles. The minimum Gasteiger partial charge on any atom is -0.358 e. The van der Waals surface area contributed by atoms with E-state index in [1.165, 1.54) is 18.4 Å². The van der Waals surface area contributed by atoms with Crippen LogP contribution in [0.15, 0.2) is 59.7 Å². The summed E-state index contributed by atoms with van der Waals surface area (Å²) in [5.41, 5.74) is 4.28. The maximum absolute atomic E-state index is 13.7. The number of hydrogen-bond donors (Lipinski definition) is 2. The highest BCUT2D eigenvalue weighted by Crippen LogP contribution is 2.28. The molecule has 1 amide bonds. The lowest BCUT2D eigenvalue weighted by Gasteiger charge is -2.29. The van der Waals surface area contributed by atoms with Gasteiger partial charge >= 0.3 is 0 Å². The molecular formula is C30H37N5O2. The molecule has 2 aromatic carbocycles. The zero-order chi connectivity index (χ0) is 25.9. The Labute approximate surface area is 218 Å². The molecule has 37 heavy (non-hydrogen) atoms. The number of hydrogen-bond acceptors (Lipinski definition) is 5. The normalized spacial score (nSPS) is 17.4. The molecule has 0 bridgehead atoms. The molecule has 7 heteroatoms. The van der Waals surface area contributed by atoms with Gasteiger partial charge in [-0.1, -0.05) is 42.8 Å². The van der Waals surface area contributed by atoms with E-state index in [1.807, 2.05) is 19.1 Å². The lowest BCUT2D eigenvalue weighted by atomic mass is 9.93. The fourth-order valence-corrected chi connectivity index (χ4v) is 5.25. The maximum atomic E-state index is 13.7. The van der Waals surface area contributed by atoms with E-state index in [9.17, 15) is 9.59 Å². The molecule has 1 aromatic heterocycles. The highest BCUT2D eigenvalue weighted by molar-refractivity contribution is 5.95. The average molecular weight is 500 g/mol. The zero-order valence-corrected chi connectivity index (χ0v) is 22.0. The molecule has 7 nitrogen and oxygen atoms in total. The highest BCUT2D eigenvalue weighted by Gasteiger charge is 2.26. The molecule has 2 N–H and O–H groups in total. The van der Waals surface area contributed by atoms with Crippen molar-refractivity contribution >= 4 is 11.7 Å². The van der Waals surface area contributed by atoms with Crippen molar-refractivity contribution in [2.75, 3.05) is 25.0 Å². The number of carbonyl (C=O) groups is 1. The first-order valence-corrected chi connectivity index (χ1v) is 13.4. The predicted molar refractivity (Wildman–Crippen MR) is 147 cm³/mol. The number of nitrogens with zero attached hydrogens (tertiary/aromatic N) is 3. The number of anilines is 1. The fourth-order valence-electron chi connectivity index (χ4n) is 5.25. The molecule has 0 radical (unpaired) electrons. The van der Waals surface area contributed by atoms with Gasteiger partial charge in [0.2, 0.25) is 0 Å². The maximum Gasteiger partial charge on any atom is 0.297 e. The van der Waals surface area contributed by atoms with Crippen molar-refractivity contribution in [3.05, 3.63) is 87.5 Å². The number of benzene rings is 2. The summed E-state index contributed by atoms with van der Waals surface area (Å²) in [5.74, 6) is 0.486. The second-order valence-corrected chi connectivity index (χ2v) is 10.7. The Kier molecular flexibility index (Phi) is 7.42. The topological polar surface area (TPSA) is 79.3 Å². The molecule has 2 fully saturated rings. The lowest BCUT2D eigenvalue weighted by molar-refractivity contribution is 0.0951. The van der Waals surface area contributed by atoms with Crippen LogP contribution in [0, 0.1) is 19.8 Å². The summed E-state index contributed by atoms with van der Waals surface area (Å²) in [6.45, 7) is 9.51. The van der Waals surface area contributed by atoms with E-state index in [2.05, 4.69) is 58.6 Å². The van der Waals surface area contributed by atoms with Gasteiger partial charge in [0.05, 0.1) is 11.7 Å². The van der Waals surface area contributed by atoms with E-state index in [4.69, 9.17) is 0 Å². The van der Waals surface area contributed by atoms with Gasteiger partial charge in [-0.15, -0.1) is 0 Å².